The number of carbonyl (C=O) groups is 1. The fourth-order valence-electron chi connectivity index (χ4n) is 2.36. The molecule has 2 aromatic carbocycles. The lowest BCUT2D eigenvalue weighted by Crippen LogP contribution is -2.02. The summed E-state index contributed by atoms with van der Waals surface area (Å²) in [5.74, 6) is -0.523. The van der Waals surface area contributed by atoms with E-state index in [0.717, 1.165) is 11.3 Å². The summed E-state index contributed by atoms with van der Waals surface area (Å²) in [6.07, 6.45) is 0.359. The van der Waals surface area contributed by atoms with Crippen molar-refractivity contribution in [3.8, 4) is 6.07 Å². The molecule has 1 aromatic heterocycles. The molecular weight excluding hydrogens is 290 g/mol. The lowest BCUT2D eigenvalue weighted by Gasteiger charge is -2.09. The lowest BCUT2D eigenvalue weighted by atomic mass is 10.1. The van der Waals surface area contributed by atoms with E-state index in [9.17, 15) is 9.90 Å². The van der Waals surface area contributed by atoms with Crippen LogP contribution in [0.4, 0.5) is 11.5 Å². The van der Waals surface area contributed by atoms with Gasteiger partial charge in [0.15, 0.2) is 0 Å². The number of pyridine rings is 1. The molecule has 0 aliphatic rings. The van der Waals surface area contributed by atoms with Crippen LogP contribution in [0.3, 0.4) is 0 Å². The van der Waals surface area contributed by atoms with Crippen LogP contribution in [0.5, 0.6) is 0 Å². The first kappa shape index (κ1) is 14.5. The average Bonchev–Trinajstić information content (AvgIpc) is 2.56. The van der Waals surface area contributed by atoms with Gasteiger partial charge < -0.3 is 10.4 Å². The molecule has 0 spiro atoms. The normalized spacial score (nSPS) is 10.2. The predicted octanol–water partition coefficient (Wildman–Crippen LogP) is 3.74. The molecule has 2 N–H and O–H groups in total. The van der Waals surface area contributed by atoms with Crippen LogP contribution in [0.2, 0.25) is 0 Å². The second kappa shape index (κ2) is 6.16. The number of fused-ring (bicyclic) bond motifs is 1. The van der Waals surface area contributed by atoms with E-state index >= 15 is 0 Å². The van der Waals surface area contributed by atoms with Gasteiger partial charge in [-0.25, -0.2) is 9.78 Å². The standard InChI is InChI=1S/C18H13N3O2/c19-10-9-12-5-7-13(8-6-12)20-17-11-15(18(22)23)14-3-1-2-4-16(14)21-17/h1-8,11H,9H2,(H,20,21)(H,22,23). The number of carboxylic acid groups (broad SMARTS) is 1. The molecule has 23 heavy (non-hydrogen) atoms. The van der Waals surface area contributed by atoms with E-state index in [2.05, 4.69) is 16.4 Å². The highest BCUT2D eigenvalue weighted by Gasteiger charge is 2.11. The van der Waals surface area contributed by atoms with Crippen molar-refractivity contribution in [3.05, 3.63) is 65.7 Å². The van der Waals surface area contributed by atoms with Crippen LogP contribution in [-0.2, 0) is 6.42 Å². The van der Waals surface area contributed by atoms with E-state index in [4.69, 9.17) is 5.26 Å². The Morgan fingerprint density at radius 3 is 2.61 bits per heavy atom. The van der Waals surface area contributed by atoms with Crippen LogP contribution in [0.15, 0.2) is 54.6 Å². The summed E-state index contributed by atoms with van der Waals surface area (Å²) in [5.41, 5.74) is 2.54. The molecule has 0 saturated carbocycles. The van der Waals surface area contributed by atoms with Gasteiger partial charge in [0.1, 0.15) is 5.82 Å². The van der Waals surface area contributed by atoms with Crippen LogP contribution in [-0.4, -0.2) is 16.1 Å². The lowest BCUT2D eigenvalue weighted by molar-refractivity contribution is 0.0699. The molecule has 1 heterocycles. The average molecular weight is 303 g/mol. The van der Waals surface area contributed by atoms with Gasteiger partial charge in [-0.3, -0.25) is 0 Å². The highest BCUT2D eigenvalue weighted by atomic mass is 16.4. The first-order valence-corrected chi connectivity index (χ1v) is 7.03. The van der Waals surface area contributed by atoms with E-state index in [1.54, 1.807) is 18.2 Å². The molecule has 5 heteroatoms. The van der Waals surface area contributed by atoms with Gasteiger partial charge in [0, 0.05) is 11.1 Å². The van der Waals surface area contributed by atoms with Crippen LogP contribution >= 0.6 is 0 Å². The fraction of sp³-hybridized carbons (Fsp3) is 0.0556. The van der Waals surface area contributed by atoms with Gasteiger partial charge in [-0.15, -0.1) is 0 Å². The molecule has 5 nitrogen and oxygen atoms in total. The first-order chi connectivity index (χ1) is 11.2. The molecule has 112 valence electrons. The zero-order valence-electron chi connectivity index (χ0n) is 12.2. The Kier molecular flexibility index (Phi) is 3.89. The number of anilines is 2. The Bertz CT molecular complexity index is 912. The van der Waals surface area contributed by atoms with Crippen LogP contribution in [0.25, 0.3) is 10.9 Å². The summed E-state index contributed by atoms with van der Waals surface area (Å²) in [4.78, 5) is 15.9. The zero-order chi connectivity index (χ0) is 16.2. The maximum atomic E-state index is 11.4. The summed E-state index contributed by atoms with van der Waals surface area (Å²) in [7, 11) is 0. The van der Waals surface area contributed by atoms with Crippen LogP contribution < -0.4 is 5.32 Å². The summed E-state index contributed by atoms with van der Waals surface area (Å²) in [6.45, 7) is 0. The maximum absolute atomic E-state index is 11.4. The van der Waals surface area contributed by atoms with Gasteiger partial charge in [-0.1, -0.05) is 30.3 Å². The monoisotopic (exact) mass is 303 g/mol. The van der Waals surface area contributed by atoms with E-state index in [0.29, 0.717) is 23.1 Å². The molecule has 0 aliphatic heterocycles. The summed E-state index contributed by atoms with van der Waals surface area (Å²) < 4.78 is 0. The smallest absolute Gasteiger partial charge is 0.336 e. The number of hydrogen-bond acceptors (Lipinski definition) is 4. The number of hydrogen-bond donors (Lipinski definition) is 2. The second-order valence-corrected chi connectivity index (χ2v) is 5.03. The Hall–Kier alpha value is -3.39. The molecule has 0 unspecified atom stereocenters. The van der Waals surface area contributed by atoms with Gasteiger partial charge >= 0.3 is 5.97 Å². The zero-order valence-corrected chi connectivity index (χ0v) is 12.2. The summed E-state index contributed by atoms with van der Waals surface area (Å²) in [5, 5.41) is 21.8. The van der Waals surface area contributed by atoms with Crippen molar-refractivity contribution in [3.63, 3.8) is 0 Å². The minimum atomic E-state index is -0.990. The number of carboxylic acids is 1. The van der Waals surface area contributed by atoms with Gasteiger partial charge in [0.2, 0.25) is 0 Å². The van der Waals surface area contributed by atoms with Gasteiger partial charge in [-0.2, -0.15) is 5.26 Å². The third-order valence-corrected chi connectivity index (χ3v) is 3.46. The third kappa shape index (κ3) is 3.11. The Balaban J connectivity index is 1.97. The topological polar surface area (TPSA) is 86.0 Å². The molecule has 0 bridgehead atoms. The number of benzene rings is 2. The SMILES string of the molecule is N#CCc1ccc(Nc2cc(C(=O)O)c3ccccc3n2)cc1. The Labute approximate surface area is 132 Å². The van der Waals surface area contributed by atoms with Crippen molar-refractivity contribution < 1.29 is 9.90 Å². The van der Waals surface area contributed by atoms with E-state index in [1.807, 2.05) is 30.3 Å². The highest BCUT2D eigenvalue weighted by molar-refractivity contribution is 6.03. The minimum absolute atomic E-state index is 0.208. The number of aromatic carboxylic acids is 1. The van der Waals surface area contributed by atoms with Crippen molar-refractivity contribution in [2.24, 2.45) is 0 Å². The molecule has 0 amide bonds. The summed E-state index contributed by atoms with van der Waals surface area (Å²) >= 11 is 0. The predicted molar refractivity (Wildman–Crippen MR) is 87.7 cm³/mol. The molecule has 0 saturated heterocycles. The maximum Gasteiger partial charge on any atom is 0.336 e. The Morgan fingerprint density at radius 2 is 1.91 bits per heavy atom. The Morgan fingerprint density at radius 1 is 1.17 bits per heavy atom. The van der Waals surface area contributed by atoms with Crippen molar-refractivity contribution in [2.45, 2.75) is 6.42 Å². The second-order valence-electron chi connectivity index (χ2n) is 5.03. The largest absolute Gasteiger partial charge is 0.478 e. The van der Waals surface area contributed by atoms with Crippen LogP contribution in [0.1, 0.15) is 15.9 Å². The first-order valence-electron chi connectivity index (χ1n) is 7.03. The van der Waals surface area contributed by atoms with Crippen molar-refractivity contribution in [1.82, 2.24) is 4.98 Å². The van der Waals surface area contributed by atoms with Gasteiger partial charge in [0.05, 0.1) is 23.6 Å². The molecule has 0 radical (unpaired) electrons. The molecule has 0 atom stereocenters. The van der Waals surface area contributed by atoms with Crippen molar-refractivity contribution in [1.29, 1.82) is 5.26 Å². The third-order valence-electron chi connectivity index (χ3n) is 3.46. The number of nitriles is 1. The number of rotatable bonds is 4. The summed E-state index contributed by atoms with van der Waals surface area (Å²) in [6, 6.07) is 18.1. The van der Waals surface area contributed by atoms with Crippen molar-refractivity contribution >= 4 is 28.4 Å². The molecule has 3 rings (SSSR count). The molecule has 0 aliphatic carbocycles. The number of nitrogens with one attached hydrogen (secondary N) is 1. The van der Waals surface area contributed by atoms with E-state index in [1.165, 1.54) is 6.07 Å². The number of para-hydroxylation sites is 1. The van der Waals surface area contributed by atoms with E-state index in [-0.39, 0.29) is 5.56 Å². The van der Waals surface area contributed by atoms with Gasteiger partial charge in [-0.05, 0) is 29.8 Å². The number of aromatic nitrogens is 1. The fourth-order valence-corrected chi connectivity index (χ4v) is 2.36. The molecular formula is C18H13N3O2. The van der Waals surface area contributed by atoms with Crippen LogP contribution in [0, 0.1) is 11.3 Å². The molecule has 0 fully saturated rings. The minimum Gasteiger partial charge on any atom is -0.478 e. The molecule has 3 aromatic rings. The quantitative estimate of drug-likeness (QED) is 0.766. The van der Waals surface area contributed by atoms with Crippen molar-refractivity contribution in [2.75, 3.05) is 5.32 Å². The van der Waals surface area contributed by atoms with Gasteiger partial charge in [0.25, 0.3) is 0 Å². The number of nitrogens with zero attached hydrogens (tertiary/aromatic N) is 2. The highest BCUT2D eigenvalue weighted by Crippen LogP contribution is 2.23. The van der Waals surface area contributed by atoms with E-state index < -0.39 is 5.97 Å².